The third kappa shape index (κ3) is 4.39. The van der Waals surface area contributed by atoms with E-state index in [-0.39, 0.29) is 12.2 Å². The van der Waals surface area contributed by atoms with E-state index in [4.69, 9.17) is 16.3 Å². The van der Waals surface area contributed by atoms with Crippen LogP contribution in [0.5, 0.6) is 0 Å². The molecule has 118 valence electrons. The van der Waals surface area contributed by atoms with E-state index in [1.807, 2.05) is 0 Å². The molecule has 2 rings (SSSR count). The minimum atomic E-state index is -0.673. The van der Waals surface area contributed by atoms with Crippen LogP contribution < -0.4 is 5.32 Å². The fourth-order valence-corrected chi connectivity index (χ4v) is 2.40. The number of nitrogens with one attached hydrogen (secondary N) is 1. The lowest BCUT2D eigenvalue weighted by Crippen LogP contribution is -2.35. The van der Waals surface area contributed by atoms with Gasteiger partial charge in [-0.05, 0) is 43.7 Å². The van der Waals surface area contributed by atoms with Crippen molar-refractivity contribution in [3.63, 3.8) is 0 Å². The summed E-state index contributed by atoms with van der Waals surface area (Å²) in [6, 6.07) is 6.04. The zero-order valence-electron chi connectivity index (χ0n) is 12.3. The molecule has 5 nitrogen and oxygen atoms in total. The van der Waals surface area contributed by atoms with E-state index in [0.29, 0.717) is 17.0 Å². The minimum absolute atomic E-state index is 0.00809. The smallest absolute Gasteiger partial charge is 0.330 e. The highest BCUT2D eigenvalue weighted by Gasteiger charge is 2.28. The van der Waals surface area contributed by atoms with E-state index in [1.54, 1.807) is 31.2 Å². The lowest BCUT2D eigenvalue weighted by Gasteiger charge is -2.12. The number of halogens is 1. The second kappa shape index (κ2) is 7.51. The Morgan fingerprint density at radius 1 is 1.32 bits per heavy atom. The zero-order valence-corrected chi connectivity index (χ0v) is 13.1. The average Bonchev–Trinajstić information content (AvgIpc) is 3.02. The van der Waals surface area contributed by atoms with Crippen LogP contribution in [0.15, 0.2) is 24.3 Å². The molecule has 1 saturated heterocycles. The molecule has 1 aliphatic rings. The lowest BCUT2D eigenvalue weighted by molar-refractivity contribution is -0.163. The molecule has 1 N–H and O–H groups in total. The molecule has 22 heavy (non-hydrogen) atoms. The fourth-order valence-electron chi connectivity index (χ4n) is 2.27. The molecule has 1 heterocycles. The van der Waals surface area contributed by atoms with Gasteiger partial charge in [-0.2, -0.15) is 0 Å². The molecule has 0 bridgehead atoms. The maximum Gasteiger partial charge on any atom is 0.330 e. The van der Waals surface area contributed by atoms with Crippen molar-refractivity contribution in [2.24, 2.45) is 5.92 Å². The molecule has 0 aliphatic carbocycles. The maximum atomic E-state index is 12.1. The van der Waals surface area contributed by atoms with E-state index in [1.165, 1.54) is 0 Å². The van der Waals surface area contributed by atoms with Crippen LogP contribution in [0.2, 0.25) is 5.02 Å². The van der Waals surface area contributed by atoms with E-state index < -0.39 is 23.9 Å². The largest absolute Gasteiger partial charge is 0.392 e. The van der Waals surface area contributed by atoms with Gasteiger partial charge in [0.1, 0.15) is 6.04 Å². The van der Waals surface area contributed by atoms with Crippen molar-refractivity contribution in [2.45, 2.75) is 32.2 Å². The summed E-state index contributed by atoms with van der Waals surface area (Å²) in [5.41, 5.74) is 0.479. The van der Waals surface area contributed by atoms with E-state index in [0.717, 1.165) is 13.0 Å². The van der Waals surface area contributed by atoms with E-state index in [9.17, 15) is 14.4 Å². The third-order valence-corrected chi connectivity index (χ3v) is 3.86. The highest BCUT2D eigenvalue weighted by Crippen LogP contribution is 2.15. The van der Waals surface area contributed by atoms with E-state index in [2.05, 4.69) is 5.32 Å². The van der Waals surface area contributed by atoms with Gasteiger partial charge in [0.25, 0.3) is 0 Å². The Morgan fingerprint density at radius 2 is 2.00 bits per heavy atom. The number of benzene rings is 1. The number of carbonyl (C=O) groups is 3. The van der Waals surface area contributed by atoms with Gasteiger partial charge >= 0.3 is 11.9 Å². The summed E-state index contributed by atoms with van der Waals surface area (Å²) >= 11 is 5.76. The number of esters is 2. The summed E-state index contributed by atoms with van der Waals surface area (Å²) in [6.07, 6.45) is 1.55. The maximum absolute atomic E-state index is 12.1. The summed E-state index contributed by atoms with van der Waals surface area (Å²) in [5.74, 6) is -2.09. The molecule has 0 amide bonds. The molecule has 6 heteroatoms. The second-order valence-electron chi connectivity index (χ2n) is 5.42. The molecule has 0 spiro atoms. The molecule has 1 fully saturated rings. The molecule has 1 aromatic carbocycles. The van der Waals surface area contributed by atoms with Crippen LogP contribution in [-0.2, 0) is 14.3 Å². The van der Waals surface area contributed by atoms with Gasteiger partial charge in [0.15, 0.2) is 5.78 Å². The van der Waals surface area contributed by atoms with Crippen molar-refractivity contribution < 1.29 is 19.1 Å². The van der Waals surface area contributed by atoms with Gasteiger partial charge in [0.05, 0.1) is 5.92 Å². The van der Waals surface area contributed by atoms with Crippen molar-refractivity contribution in [3.05, 3.63) is 34.9 Å². The highest BCUT2D eigenvalue weighted by atomic mass is 35.5. The average molecular weight is 324 g/mol. The fraction of sp³-hybridized carbons (Fsp3) is 0.438. The van der Waals surface area contributed by atoms with Crippen LogP contribution in [0.1, 0.15) is 36.5 Å². The molecule has 0 aromatic heterocycles. The molecule has 1 aliphatic heterocycles. The topological polar surface area (TPSA) is 72.5 Å². The van der Waals surface area contributed by atoms with Crippen LogP contribution in [0.25, 0.3) is 0 Å². The van der Waals surface area contributed by atoms with E-state index >= 15 is 0 Å². The monoisotopic (exact) mass is 323 g/mol. The first-order chi connectivity index (χ1) is 10.5. The minimum Gasteiger partial charge on any atom is -0.392 e. The van der Waals surface area contributed by atoms with Gasteiger partial charge in [-0.3, -0.25) is 9.59 Å². The van der Waals surface area contributed by atoms with Crippen LogP contribution >= 0.6 is 11.6 Å². The van der Waals surface area contributed by atoms with Crippen LogP contribution in [-0.4, -0.2) is 30.3 Å². The summed E-state index contributed by atoms with van der Waals surface area (Å²) in [4.78, 5) is 35.7. The molecule has 0 radical (unpaired) electrons. The number of hydrogen-bond donors (Lipinski definition) is 1. The summed E-state index contributed by atoms with van der Waals surface area (Å²) < 4.78 is 4.84. The number of rotatable bonds is 5. The first-order valence-corrected chi connectivity index (χ1v) is 7.63. The van der Waals surface area contributed by atoms with Crippen molar-refractivity contribution in [3.8, 4) is 0 Å². The zero-order chi connectivity index (χ0) is 16.1. The van der Waals surface area contributed by atoms with Gasteiger partial charge in [0.2, 0.25) is 0 Å². The van der Waals surface area contributed by atoms with Gasteiger partial charge in [-0.25, -0.2) is 4.79 Å². The third-order valence-electron chi connectivity index (χ3n) is 3.61. The lowest BCUT2D eigenvalue weighted by atomic mass is 10.00. The van der Waals surface area contributed by atoms with Gasteiger partial charge in [-0.1, -0.05) is 18.5 Å². The number of Topliss-reactive ketones (excluding diaryl/α,β-unsaturated/α-hetero) is 1. The number of hydrogen-bond acceptors (Lipinski definition) is 5. The predicted molar refractivity (Wildman–Crippen MR) is 81.7 cm³/mol. The summed E-state index contributed by atoms with van der Waals surface area (Å²) in [7, 11) is 0. The van der Waals surface area contributed by atoms with Gasteiger partial charge in [-0.15, -0.1) is 0 Å². The van der Waals surface area contributed by atoms with Crippen LogP contribution in [0.4, 0.5) is 0 Å². The summed E-state index contributed by atoms with van der Waals surface area (Å²) in [5, 5.41) is 3.51. The first kappa shape index (κ1) is 16.6. The molecular weight excluding hydrogens is 306 g/mol. The Hall–Kier alpha value is -1.72. The second-order valence-corrected chi connectivity index (χ2v) is 5.86. The SMILES string of the molecule is CC(CC(=O)c1ccc(Cl)cc1)C(=O)OC(=O)[C@@H]1CCCN1. The normalized spacial score (nSPS) is 18.7. The van der Waals surface area contributed by atoms with Crippen LogP contribution in [0, 0.1) is 5.92 Å². The molecule has 1 aromatic rings. The first-order valence-electron chi connectivity index (χ1n) is 7.25. The van der Waals surface area contributed by atoms with Crippen molar-refractivity contribution in [1.29, 1.82) is 0 Å². The number of ether oxygens (including phenoxy) is 1. The Balaban J connectivity index is 1.86. The number of carbonyl (C=O) groups excluding carboxylic acids is 3. The Kier molecular flexibility index (Phi) is 5.69. The predicted octanol–water partition coefficient (Wildman–Crippen LogP) is 2.37. The Labute approximate surface area is 134 Å². The summed E-state index contributed by atoms with van der Waals surface area (Å²) in [6.45, 7) is 2.32. The molecular formula is C16H18ClNO4. The van der Waals surface area contributed by atoms with Crippen LogP contribution in [0.3, 0.4) is 0 Å². The Bertz CT molecular complexity index is 564. The van der Waals surface area contributed by atoms with Gasteiger partial charge in [0, 0.05) is 17.0 Å². The molecule has 1 unspecified atom stereocenters. The standard InChI is InChI=1S/C16H18ClNO4/c1-10(9-14(19)11-4-6-12(17)7-5-11)15(20)22-16(21)13-3-2-8-18-13/h4-7,10,13,18H,2-3,8-9H2,1H3/t10?,13-/m0/s1. The van der Waals surface area contributed by atoms with Crippen molar-refractivity contribution >= 4 is 29.3 Å². The van der Waals surface area contributed by atoms with Crippen molar-refractivity contribution in [2.75, 3.05) is 6.54 Å². The number of ketones is 1. The Morgan fingerprint density at radius 3 is 2.59 bits per heavy atom. The highest BCUT2D eigenvalue weighted by molar-refractivity contribution is 6.30. The van der Waals surface area contributed by atoms with Gasteiger partial charge < -0.3 is 10.1 Å². The molecule has 0 saturated carbocycles. The van der Waals surface area contributed by atoms with Crippen molar-refractivity contribution in [1.82, 2.24) is 5.32 Å². The molecule has 2 atom stereocenters. The quantitative estimate of drug-likeness (QED) is 0.511.